The summed E-state index contributed by atoms with van der Waals surface area (Å²) in [5, 5.41) is 9.77. The Labute approximate surface area is 253 Å². The number of methoxy groups -OCH3 is 2. The molecule has 228 valence electrons. The van der Waals surface area contributed by atoms with Gasteiger partial charge in [0.1, 0.15) is 17.7 Å². The molecular formula is C35H41FN2O5. The number of aliphatic carboxylic acids is 1. The Morgan fingerprint density at radius 2 is 1.95 bits per heavy atom. The summed E-state index contributed by atoms with van der Waals surface area (Å²) in [6.07, 6.45) is 7.09. The molecule has 0 radical (unpaired) electrons. The van der Waals surface area contributed by atoms with E-state index in [1.165, 1.54) is 13.3 Å². The number of benzene rings is 2. The number of halogens is 1. The van der Waals surface area contributed by atoms with E-state index in [9.17, 15) is 9.90 Å². The first-order valence-corrected chi connectivity index (χ1v) is 15.4. The average Bonchev–Trinajstić information content (AvgIpc) is 3.76. The molecule has 8 heteroatoms. The van der Waals surface area contributed by atoms with Crippen LogP contribution in [0.3, 0.4) is 0 Å². The molecule has 0 amide bonds. The molecule has 2 aromatic carbocycles. The number of aromatic nitrogens is 1. The summed E-state index contributed by atoms with van der Waals surface area (Å²) in [6, 6.07) is 14.5. The Bertz CT molecular complexity index is 1470. The third-order valence-electron chi connectivity index (χ3n) is 9.54. The monoisotopic (exact) mass is 588 g/mol. The SMILES string of the molecule is COC[C@H]1CCCN1Cc1cc([C@@H]2CCc3ccc([C@H](C4CC4)[C@H](C)C(=O)O)cc3O2)ccc1-c1cc(OC)ncc1F. The standard InChI is InChI=1S/C35H41FN2O5/c1-21(35(39)40)34(23-7-8-23)25-9-6-22-11-13-31(43-32(22)16-25)24-10-12-28(29-17-33(42-3)37-18-30(29)36)26(15-24)19-38-14-4-5-27(38)20-41-2/h6,9-10,12,15-18,21,23,27,31,34H,4-5,7-8,11,13-14,19-20H2,1-3H3,(H,39,40)/t21-,27+,31-,34-/m0/s1. The Morgan fingerprint density at radius 1 is 1.12 bits per heavy atom. The first kappa shape index (κ1) is 29.6. The van der Waals surface area contributed by atoms with E-state index in [0.29, 0.717) is 36.6 Å². The van der Waals surface area contributed by atoms with Gasteiger partial charge in [-0.3, -0.25) is 9.69 Å². The van der Waals surface area contributed by atoms with Crippen LogP contribution < -0.4 is 9.47 Å². The number of carboxylic acid groups (broad SMARTS) is 1. The quantitative estimate of drug-likeness (QED) is 0.264. The van der Waals surface area contributed by atoms with Gasteiger partial charge in [-0.2, -0.15) is 0 Å². The van der Waals surface area contributed by atoms with Crippen LogP contribution in [0.4, 0.5) is 4.39 Å². The Morgan fingerprint density at radius 3 is 2.70 bits per heavy atom. The van der Waals surface area contributed by atoms with Gasteiger partial charge in [0.15, 0.2) is 0 Å². The minimum Gasteiger partial charge on any atom is -0.485 e. The number of aryl methyl sites for hydroxylation is 1. The van der Waals surface area contributed by atoms with Crippen LogP contribution in [0.15, 0.2) is 48.7 Å². The van der Waals surface area contributed by atoms with E-state index in [-0.39, 0.29) is 17.8 Å². The lowest BCUT2D eigenvalue weighted by Gasteiger charge is -2.30. The first-order chi connectivity index (χ1) is 20.9. The normalized spacial score (nSPS) is 21.6. The molecule has 3 heterocycles. The lowest BCUT2D eigenvalue weighted by atomic mass is 9.82. The maximum Gasteiger partial charge on any atom is 0.306 e. The molecule has 2 aliphatic heterocycles. The Kier molecular flexibility index (Phi) is 8.68. The van der Waals surface area contributed by atoms with Gasteiger partial charge < -0.3 is 19.3 Å². The Balaban J connectivity index is 1.32. The van der Waals surface area contributed by atoms with E-state index < -0.39 is 11.9 Å². The van der Waals surface area contributed by atoms with Gasteiger partial charge in [-0.1, -0.05) is 37.3 Å². The molecule has 1 N–H and O–H groups in total. The summed E-state index contributed by atoms with van der Waals surface area (Å²) in [5.74, 6) is 0.0289. The largest absolute Gasteiger partial charge is 0.485 e. The van der Waals surface area contributed by atoms with Gasteiger partial charge in [0, 0.05) is 31.3 Å². The first-order valence-electron chi connectivity index (χ1n) is 15.4. The lowest BCUT2D eigenvalue weighted by Crippen LogP contribution is -2.32. The van der Waals surface area contributed by atoms with Crippen LogP contribution in [0.25, 0.3) is 11.1 Å². The lowest BCUT2D eigenvalue weighted by molar-refractivity contribution is -0.142. The molecule has 1 saturated carbocycles. The van der Waals surface area contributed by atoms with Crippen molar-refractivity contribution in [2.45, 2.75) is 70.1 Å². The van der Waals surface area contributed by atoms with E-state index >= 15 is 4.39 Å². The zero-order valence-corrected chi connectivity index (χ0v) is 25.2. The number of likely N-dealkylation sites (tertiary alicyclic amines) is 1. The molecular weight excluding hydrogens is 547 g/mol. The van der Waals surface area contributed by atoms with Crippen molar-refractivity contribution in [3.05, 3.63) is 76.7 Å². The second-order valence-corrected chi connectivity index (χ2v) is 12.3. The summed E-state index contributed by atoms with van der Waals surface area (Å²) in [7, 11) is 3.27. The number of hydrogen-bond acceptors (Lipinski definition) is 6. The molecule has 1 aliphatic carbocycles. The molecule has 3 aromatic rings. The topological polar surface area (TPSA) is 81.1 Å². The summed E-state index contributed by atoms with van der Waals surface area (Å²) in [5.41, 5.74) is 5.57. The molecule has 0 unspecified atom stereocenters. The molecule has 1 saturated heterocycles. The minimum atomic E-state index is -0.755. The predicted octanol–water partition coefficient (Wildman–Crippen LogP) is 6.79. The molecule has 2 fully saturated rings. The molecule has 6 rings (SSSR count). The second-order valence-electron chi connectivity index (χ2n) is 12.3. The van der Waals surface area contributed by atoms with Gasteiger partial charge in [0.25, 0.3) is 0 Å². The summed E-state index contributed by atoms with van der Waals surface area (Å²) in [6.45, 7) is 4.12. The van der Waals surface area contributed by atoms with Crippen molar-refractivity contribution in [2.24, 2.45) is 11.8 Å². The fourth-order valence-electron chi connectivity index (χ4n) is 7.05. The molecule has 0 bridgehead atoms. The van der Waals surface area contributed by atoms with Gasteiger partial charge in [-0.25, -0.2) is 9.37 Å². The van der Waals surface area contributed by atoms with Crippen molar-refractivity contribution in [1.82, 2.24) is 9.88 Å². The van der Waals surface area contributed by atoms with Crippen LogP contribution in [0.5, 0.6) is 11.6 Å². The number of ether oxygens (including phenoxy) is 3. The third kappa shape index (κ3) is 6.27. The third-order valence-corrected chi connectivity index (χ3v) is 9.54. The van der Waals surface area contributed by atoms with Crippen LogP contribution in [0.1, 0.15) is 73.3 Å². The number of fused-ring (bicyclic) bond motifs is 1. The van der Waals surface area contributed by atoms with Crippen molar-refractivity contribution in [2.75, 3.05) is 27.4 Å². The highest BCUT2D eigenvalue weighted by Crippen LogP contribution is 2.48. The molecule has 43 heavy (non-hydrogen) atoms. The number of carboxylic acids is 1. The highest BCUT2D eigenvalue weighted by molar-refractivity contribution is 5.71. The van der Waals surface area contributed by atoms with E-state index in [0.717, 1.165) is 78.6 Å². The number of nitrogens with zero attached hydrogens (tertiary/aromatic N) is 2. The van der Waals surface area contributed by atoms with E-state index in [1.54, 1.807) is 13.2 Å². The maximum absolute atomic E-state index is 15.2. The Hall–Kier alpha value is -3.49. The van der Waals surface area contributed by atoms with Crippen LogP contribution in [-0.4, -0.2) is 54.4 Å². The van der Waals surface area contributed by atoms with Crippen LogP contribution in [0.2, 0.25) is 0 Å². The van der Waals surface area contributed by atoms with Gasteiger partial charge in [0.2, 0.25) is 5.88 Å². The molecule has 7 nitrogen and oxygen atoms in total. The number of carbonyl (C=O) groups is 1. The van der Waals surface area contributed by atoms with Crippen LogP contribution in [0, 0.1) is 17.7 Å². The van der Waals surface area contributed by atoms with Crippen molar-refractivity contribution in [3.63, 3.8) is 0 Å². The maximum atomic E-state index is 15.2. The average molecular weight is 589 g/mol. The smallest absolute Gasteiger partial charge is 0.306 e. The van der Waals surface area contributed by atoms with Crippen LogP contribution in [-0.2, 0) is 22.5 Å². The highest BCUT2D eigenvalue weighted by atomic mass is 19.1. The minimum absolute atomic E-state index is 0.00887. The predicted molar refractivity (Wildman–Crippen MR) is 162 cm³/mol. The molecule has 4 atom stereocenters. The second kappa shape index (κ2) is 12.6. The molecule has 0 spiro atoms. The number of rotatable bonds is 11. The van der Waals surface area contributed by atoms with Gasteiger partial charge in [0.05, 0.1) is 25.8 Å². The fraction of sp³-hybridized carbons (Fsp3) is 0.486. The van der Waals surface area contributed by atoms with Crippen molar-refractivity contribution in [1.29, 1.82) is 0 Å². The highest BCUT2D eigenvalue weighted by Gasteiger charge is 2.39. The van der Waals surface area contributed by atoms with E-state index in [1.807, 2.05) is 19.1 Å². The van der Waals surface area contributed by atoms with Gasteiger partial charge in [-0.15, -0.1) is 0 Å². The summed E-state index contributed by atoms with van der Waals surface area (Å²) in [4.78, 5) is 18.4. The van der Waals surface area contributed by atoms with E-state index in [4.69, 9.17) is 14.2 Å². The zero-order chi connectivity index (χ0) is 30.1. The number of pyridine rings is 1. The zero-order valence-electron chi connectivity index (χ0n) is 25.2. The van der Waals surface area contributed by atoms with E-state index in [2.05, 4.69) is 34.1 Å². The number of hydrogen-bond donors (Lipinski definition) is 1. The van der Waals surface area contributed by atoms with Crippen molar-refractivity contribution < 1.29 is 28.5 Å². The summed E-state index contributed by atoms with van der Waals surface area (Å²) >= 11 is 0. The van der Waals surface area contributed by atoms with Crippen molar-refractivity contribution >= 4 is 5.97 Å². The van der Waals surface area contributed by atoms with Gasteiger partial charge in [-0.05, 0) is 90.8 Å². The molecule has 3 aliphatic rings. The summed E-state index contributed by atoms with van der Waals surface area (Å²) < 4.78 is 32.6. The molecule has 1 aromatic heterocycles. The van der Waals surface area contributed by atoms with Gasteiger partial charge >= 0.3 is 5.97 Å². The van der Waals surface area contributed by atoms with Crippen molar-refractivity contribution in [3.8, 4) is 22.8 Å². The fourth-order valence-corrected chi connectivity index (χ4v) is 7.05. The van der Waals surface area contributed by atoms with Crippen LogP contribution >= 0.6 is 0 Å².